The Morgan fingerprint density at radius 1 is 1.12 bits per heavy atom. The van der Waals surface area contributed by atoms with E-state index in [1.807, 2.05) is 0 Å². The summed E-state index contributed by atoms with van der Waals surface area (Å²) < 4.78 is 5.45. The summed E-state index contributed by atoms with van der Waals surface area (Å²) in [5.41, 5.74) is 2.49. The van der Waals surface area contributed by atoms with E-state index in [1.165, 1.54) is 43.7 Å². The summed E-state index contributed by atoms with van der Waals surface area (Å²) in [4.78, 5) is 0. The maximum absolute atomic E-state index is 10.4. The maximum Gasteiger partial charge on any atom is 0.168 e. The van der Waals surface area contributed by atoms with Crippen molar-refractivity contribution in [2.24, 2.45) is 22.7 Å². The minimum atomic E-state index is -0.0956. The fraction of sp³-hybridized carbons (Fsp3) is 0.636. The van der Waals surface area contributed by atoms with Gasteiger partial charge in [-0.3, -0.25) is 0 Å². The monoisotopic (exact) mass is 344 g/mol. The van der Waals surface area contributed by atoms with Crippen LogP contribution in [0.1, 0.15) is 65.4 Å². The van der Waals surface area contributed by atoms with Crippen LogP contribution < -0.4 is 4.74 Å². The molecule has 0 bridgehead atoms. The first-order valence-corrected chi connectivity index (χ1v) is 9.51. The van der Waals surface area contributed by atoms with Crippen molar-refractivity contribution in [3.63, 3.8) is 0 Å². The lowest BCUT2D eigenvalue weighted by atomic mass is 9.48. The standard InChI is InChI=1S/C22H32O3/c1-14-7-10-19-21(2,3)11-6-12-22(19,4)16(14)13-15-18(25-5)9-8-17(23)20(15)24/h8-9,13-14,19,23-24H,6-7,10-12H2,1-5H3/b16-13+. The number of fused-ring (bicyclic) bond motifs is 1. The zero-order valence-corrected chi connectivity index (χ0v) is 16.2. The molecule has 2 saturated carbocycles. The highest BCUT2D eigenvalue weighted by Gasteiger charge is 2.51. The lowest BCUT2D eigenvalue weighted by Crippen LogP contribution is -2.47. The van der Waals surface area contributed by atoms with Gasteiger partial charge in [0.25, 0.3) is 0 Å². The second-order valence-electron chi connectivity index (χ2n) is 8.94. The van der Waals surface area contributed by atoms with Crippen molar-refractivity contribution in [1.82, 2.24) is 0 Å². The van der Waals surface area contributed by atoms with Gasteiger partial charge < -0.3 is 14.9 Å². The predicted molar refractivity (Wildman–Crippen MR) is 102 cm³/mol. The van der Waals surface area contributed by atoms with Crippen molar-refractivity contribution in [2.45, 2.75) is 59.8 Å². The third-order valence-electron chi connectivity index (χ3n) is 6.98. The fourth-order valence-corrected chi connectivity index (χ4v) is 5.67. The van der Waals surface area contributed by atoms with Gasteiger partial charge in [0, 0.05) is 0 Å². The molecule has 2 aliphatic rings. The second kappa shape index (κ2) is 6.26. The first-order valence-electron chi connectivity index (χ1n) is 9.51. The molecule has 0 amide bonds. The van der Waals surface area contributed by atoms with Crippen LogP contribution in [0.5, 0.6) is 17.2 Å². The number of rotatable bonds is 2. The van der Waals surface area contributed by atoms with Crippen molar-refractivity contribution < 1.29 is 14.9 Å². The maximum atomic E-state index is 10.4. The second-order valence-corrected chi connectivity index (χ2v) is 8.94. The molecule has 0 aliphatic heterocycles. The van der Waals surface area contributed by atoms with Crippen LogP contribution in [0.3, 0.4) is 0 Å². The lowest BCUT2D eigenvalue weighted by Gasteiger charge is -2.56. The van der Waals surface area contributed by atoms with Crippen LogP contribution in [0.25, 0.3) is 6.08 Å². The van der Waals surface area contributed by atoms with Crippen LogP contribution in [0, 0.1) is 22.7 Å². The molecule has 3 nitrogen and oxygen atoms in total. The van der Waals surface area contributed by atoms with Gasteiger partial charge in [-0.15, -0.1) is 0 Å². The Balaban J connectivity index is 2.14. The van der Waals surface area contributed by atoms with E-state index in [4.69, 9.17) is 4.74 Å². The summed E-state index contributed by atoms with van der Waals surface area (Å²) in [6, 6.07) is 3.20. The number of ether oxygens (including phenoxy) is 1. The minimum absolute atomic E-state index is 0.0835. The van der Waals surface area contributed by atoms with E-state index in [9.17, 15) is 10.2 Å². The molecule has 1 aromatic carbocycles. The van der Waals surface area contributed by atoms with Crippen molar-refractivity contribution in [3.8, 4) is 17.2 Å². The highest BCUT2D eigenvalue weighted by atomic mass is 16.5. The number of methoxy groups -OCH3 is 1. The van der Waals surface area contributed by atoms with Crippen LogP contribution >= 0.6 is 0 Å². The predicted octanol–water partition coefficient (Wildman–Crippen LogP) is 5.75. The number of benzene rings is 1. The molecule has 0 saturated heterocycles. The molecule has 2 fully saturated rings. The average molecular weight is 344 g/mol. The van der Waals surface area contributed by atoms with E-state index in [-0.39, 0.29) is 16.9 Å². The summed E-state index contributed by atoms with van der Waals surface area (Å²) in [5.74, 6) is 1.56. The molecule has 3 heteroatoms. The van der Waals surface area contributed by atoms with Gasteiger partial charge in [-0.25, -0.2) is 0 Å². The highest BCUT2D eigenvalue weighted by Crippen LogP contribution is 2.61. The molecule has 1 aromatic rings. The molecule has 0 spiro atoms. The van der Waals surface area contributed by atoms with Crippen molar-refractivity contribution >= 4 is 6.08 Å². The van der Waals surface area contributed by atoms with Gasteiger partial charge in [0.1, 0.15) is 5.75 Å². The van der Waals surface area contributed by atoms with E-state index in [0.29, 0.717) is 28.6 Å². The van der Waals surface area contributed by atoms with Crippen LogP contribution in [0.15, 0.2) is 17.7 Å². The van der Waals surface area contributed by atoms with Gasteiger partial charge in [0.15, 0.2) is 11.5 Å². The highest BCUT2D eigenvalue weighted by molar-refractivity contribution is 5.70. The summed E-state index contributed by atoms with van der Waals surface area (Å²) in [5, 5.41) is 20.4. The van der Waals surface area contributed by atoms with E-state index in [2.05, 4.69) is 33.8 Å². The van der Waals surface area contributed by atoms with Gasteiger partial charge >= 0.3 is 0 Å². The van der Waals surface area contributed by atoms with E-state index in [0.717, 1.165) is 0 Å². The number of phenols is 2. The van der Waals surface area contributed by atoms with Gasteiger partial charge in [-0.05, 0) is 66.6 Å². The molecule has 2 N–H and O–H groups in total. The Labute approximate surface area is 151 Å². The molecule has 0 radical (unpaired) electrons. The number of hydrogen-bond acceptors (Lipinski definition) is 3. The van der Waals surface area contributed by atoms with E-state index in [1.54, 1.807) is 13.2 Å². The van der Waals surface area contributed by atoms with E-state index < -0.39 is 0 Å². The Morgan fingerprint density at radius 2 is 1.84 bits per heavy atom. The van der Waals surface area contributed by atoms with Gasteiger partial charge in [-0.2, -0.15) is 0 Å². The molecule has 3 unspecified atom stereocenters. The van der Waals surface area contributed by atoms with Crippen molar-refractivity contribution in [1.29, 1.82) is 0 Å². The lowest BCUT2D eigenvalue weighted by molar-refractivity contribution is -0.00535. The van der Waals surface area contributed by atoms with Crippen LogP contribution in [-0.4, -0.2) is 17.3 Å². The zero-order chi connectivity index (χ0) is 18.4. The third kappa shape index (κ3) is 2.92. The quantitative estimate of drug-likeness (QED) is 0.671. The van der Waals surface area contributed by atoms with Gasteiger partial charge in [-0.1, -0.05) is 39.7 Å². The van der Waals surface area contributed by atoms with E-state index >= 15 is 0 Å². The molecular weight excluding hydrogens is 312 g/mol. The Hall–Kier alpha value is -1.64. The number of allylic oxidation sites excluding steroid dienone is 1. The summed E-state index contributed by atoms with van der Waals surface area (Å²) in [7, 11) is 1.60. The van der Waals surface area contributed by atoms with Crippen molar-refractivity contribution in [3.05, 3.63) is 23.3 Å². The largest absolute Gasteiger partial charge is 0.504 e. The molecule has 3 atom stereocenters. The molecule has 2 aliphatic carbocycles. The average Bonchev–Trinajstić information content (AvgIpc) is 2.54. The number of phenolic OH excluding ortho intramolecular Hbond substituents is 2. The third-order valence-corrected chi connectivity index (χ3v) is 6.98. The Morgan fingerprint density at radius 3 is 2.52 bits per heavy atom. The molecule has 138 valence electrons. The van der Waals surface area contributed by atoms with Crippen molar-refractivity contribution in [2.75, 3.05) is 7.11 Å². The number of hydrogen-bond donors (Lipinski definition) is 2. The Kier molecular flexibility index (Phi) is 4.55. The minimum Gasteiger partial charge on any atom is -0.504 e. The Bertz CT molecular complexity index is 689. The van der Waals surface area contributed by atoms with Crippen LogP contribution in [-0.2, 0) is 0 Å². The smallest absolute Gasteiger partial charge is 0.168 e. The topological polar surface area (TPSA) is 49.7 Å². The summed E-state index contributed by atoms with van der Waals surface area (Å²) in [6.07, 6.45) is 8.27. The van der Waals surface area contributed by atoms with Crippen LogP contribution in [0.2, 0.25) is 0 Å². The first-order chi connectivity index (χ1) is 11.7. The zero-order valence-electron chi connectivity index (χ0n) is 16.2. The summed E-state index contributed by atoms with van der Waals surface area (Å²) in [6.45, 7) is 9.53. The molecule has 0 aromatic heterocycles. The molecule has 25 heavy (non-hydrogen) atoms. The molecular formula is C22H32O3. The van der Waals surface area contributed by atoms with Crippen LogP contribution in [0.4, 0.5) is 0 Å². The SMILES string of the molecule is COc1ccc(O)c(O)c1/C=C1\C(C)CCC2C(C)(C)CCCC12C. The van der Waals surface area contributed by atoms with Gasteiger partial charge in [0.2, 0.25) is 0 Å². The fourth-order valence-electron chi connectivity index (χ4n) is 5.67. The molecule has 3 rings (SSSR count). The molecule has 0 heterocycles. The number of aromatic hydroxyl groups is 2. The first kappa shape index (κ1) is 18.2. The van der Waals surface area contributed by atoms with Gasteiger partial charge in [0.05, 0.1) is 12.7 Å². The normalized spacial score (nSPS) is 33.1. The summed E-state index contributed by atoms with van der Waals surface area (Å²) >= 11 is 0.